The van der Waals surface area contributed by atoms with Crippen LogP contribution in [-0.4, -0.2) is 18.5 Å². The molecule has 1 amide bonds. The van der Waals surface area contributed by atoms with E-state index < -0.39 is 29.0 Å². The molecule has 0 fully saturated rings. The Morgan fingerprint density at radius 2 is 1.95 bits per heavy atom. The summed E-state index contributed by atoms with van der Waals surface area (Å²) in [5.41, 5.74) is 0.484. The summed E-state index contributed by atoms with van der Waals surface area (Å²) in [6.45, 7) is 9.00. The first kappa shape index (κ1) is 17.1. The molecule has 0 saturated heterocycles. The van der Waals surface area contributed by atoms with Crippen molar-refractivity contribution in [2.75, 3.05) is 11.9 Å². The van der Waals surface area contributed by atoms with Gasteiger partial charge < -0.3 is 10.1 Å². The molecule has 0 aromatic heterocycles. The lowest BCUT2D eigenvalue weighted by atomic mass is 9.80. The van der Waals surface area contributed by atoms with Gasteiger partial charge in [0.1, 0.15) is 11.7 Å². The summed E-state index contributed by atoms with van der Waals surface area (Å²) in [5, 5.41) is 2.62. The van der Waals surface area contributed by atoms with Gasteiger partial charge in [0, 0.05) is 5.69 Å². The molecule has 4 nitrogen and oxygen atoms in total. The number of nitrogens with one attached hydrogen (secondary N) is 1. The largest absolute Gasteiger partial charge is 0.465 e. The molecule has 0 saturated carbocycles. The standard InChI is InChI=1S/C16H22FNO3/c1-6-21-15(20)13(16(3,4)5)14(19)18-12-9-11(17)8-7-10(12)2/h7-9,13H,6H2,1-5H3,(H,18,19). The Kier molecular flexibility index (Phi) is 5.47. The highest BCUT2D eigenvalue weighted by Gasteiger charge is 2.39. The van der Waals surface area contributed by atoms with Crippen LogP contribution in [0.25, 0.3) is 0 Å². The molecule has 0 aliphatic carbocycles. The van der Waals surface area contributed by atoms with Gasteiger partial charge in [-0.05, 0) is 37.0 Å². The Hall–Kier alpha value is -1.91. The molecule has 0 spiro atoms. The smallest absolute Gasteiger partial charge is 0.319 e. The molecule has 0 aliphatic rings. The first-order valence-corrected chi connectivity index (χ1v) is 6.90. The minimum absolute atomic E-state index is 0.206. The van der Waals surface area contributed by atoms with E-state index in [-0.39, 0.29) is 6.61 Å². The van der Waals surface area contributed by atoms with Crippen molar-refractivity contribution in [3.63, 3.8) is 0 Å². The quantitative estimate of drug-likeness (QED) is 0.685. The van der Waals surface area contributed by atoms with Gasteiger partial charge in [-0.3, -0.25) is 9.59 Å². The van der Waals surface area contributed by atoms with Gasteiger partial charge in [-0.1, -0.05) is 26.8 Å². The second-order valence-corrected chi connectivity index (χ2v) is 6.00. The van der Waals surface area contributed by atoms with Crippen LogP contribution >= 0.6 is 0 Å². The van der Waals surface area contributed by atoms with Crippen LogP contribution in [0, 0.1) is 24.1 Å². The van der Waals surface area contributed by atoms with Crippen molar-refractivity contribution in [3.05, 3.63) is 29.6 Å². The Labute approximate surface area is 124 Å². The van der Waals surface area contributed by atoms with Crippen molar-refractivity contribution >= 4 is 17.6 Å². The molecular weight excluding hydrogens is 273 g/mol. The van der Waals surface area contributed by atoms with Crippen molar-refractivity contribution in [1.29, 1.82) is 0 Å². The number of aryl methyl sites for hydroxylation is 1. The van der Waals surface area contributed by atoms with E-state index in [0.29, 0.717) is 5.69 Å². The molecule has 1 rings (SSSR count). The second-order valence-electron chi connectivity index (χ2n) is 6.00. The minimum atomic E-state index is -0.958. The van der Waals surface area contributed by atoms with E-state index in [0.717, 1.165) is 5.56 Å². The Bertz CT molecular complexity index is 535. The Morgan fingerprint density at radius 3 is 2.48 bits per heavy atom. The highest BCUT2D eigenvalue weighted by atomic mass is 19.1. The number of halogens is 1. The molecule has 21 heavy (non-hydrogen) atoms. The lowest BCUT2D eigenvalue weighted by molar-refractivity contribution is -0.155. The molecule has 1 aromatic rings. The predicted molar refractivity (Wildman–Crippen MR) is 79.3 cm³/mol. The Morgan fingerprint density at radius 1 is 1.33 bits per heavy atom. The first-order chi connectivity index (χ1) is 9.66. The van der Waals surface area contributed by atoms with Gasteiger partial charge in [0.05, 0.1) is 6.61 Å². The summed E-state index contributed by atoms with van der Waals surface area (Å²) in [4.78, 5) is 24.4. The summed E-state index contributed by atoms with van der Waals surface area (Å²) < 4.78 is 18.2. The molecule has 1 atom stereocenters. The number of hydrogen-bond acceptors (Lipinski definition) is 3. The summed E-state index contributed by atoms with van der Waals surface area (Å²) >= 11 is 0. The number of ether oxygens (including phenoxy) is 1. The van der Waals surface area contributed by atoms with Crippen molar-refractivity contribution in [2.24, 2.45) is 11.3 Å². The van der Waals surface area contributed by atoms with Crippen molar-refractivity contribution < 1.29 is 18.7 Å². The SMILES string of the molecule is CCOC(=O)C(C(=O)Nc1cc(F)ccc1C)C(C)(C)C. The van der Waals surface area contributed by atoms with E-state index in [1.807, 2.05) is 0 Å². The maximum atomic E-state index is 13.3. The molecular formula is C16H22FNO3. The van der Waals surface area contributed by atoms with E-state index in [9.17, 15) is 14.0 Å². The van der Waals surface area contributed by atoms with Crippen LogP contribution in [0.2, 0.25) is 0 Å². The van der Waals surface area contributed by atoms with Gasteiger partial charge in [-0.2, -0.15) is 0 Å². The number of carbonyl (C=O) groups is 2. The molecule has 0 radical (unpaired) electrons. The number of amides is 1. The maximum absolute atomic E-state index is 13.3. The summed E-state index contributed by atoms with van der Waals surface area (Å²) in [6.07, 6.45) is 0. The fraction of sp³-hybridized carbons (Fsp3) is 0.500. The zero-order valence-electron chi connectivity index (χ0n) is 13.1. The lowest BCUT2D eigenvalue weighted by Gasteiger charge is -2.27. The second kappa shape index (κ2) is 6.70. The average molecular weight is 295 g/mol. The van der Waals surface area contributed by atoms with Crippen molar-refractivity contribution in [2.45, 2.75) is 34.6 Å². The molecule has 116 valence electrons. The van der Waals surface area contributed by atoms with Gasteiger partial charge in [0.2, 0.25) is 5.91 Å². The molecule has 0 heterocycles. The average Bonchev–Trinajstić information content (AvgIpc) is 2.32. The maximum Gasteiger partial charge on any atom is 0.319 e. The van der Waals surface area contributed by atoms with E-state index in [2.05, 4.69) is 5.32 Å². The summed E-state index contributed by atoms with van der Waals surface area (Å²) in [7, 11) is 0. The van der Waals surface area contributed by atoms with Crippen LogP contribution in [0.15, 0.2) is 18.2 Å². The number of esters is 1. The zero-order valence-corrected chi connectivity index (χ0v) is 13.1. The van der Waals surface area contributed by atoms with Crippen LogP contribution in [0.3, 0.4) is 0 Å². The monoisotopic (exact) mass is 295 g/mol. The third-order valence-electron chi connectivity index (χ3n) is 3.11. The summed E-state index contributed by atoms with van der Waals surface area (Å²) in [5.74, 6) is -2.47. The molecule has 1 unspecified atom stereocenters. The van der Waals surface area contributed by atoms with Gasteiger partial charge in [-0.15, -0.1) is 0 Å². The van der Waals surface area contributed by atoms with Gasteiger partial charge in [-0.25, -0.2) is 4.39 Å². The van der Waals surface area contributed by atoms with E-state index >= 15 is 0 Å². The first-order valence-electron chi connectivity index (χ1n) is 6.90. The van der Waals surface area contributed by atoms with Crippen LogP contribution in [-0.2, 0) is 14.3 Å². The molecule has 1 N–H and O–H groups in total. The third kappa shape index (κ3) is 4.55. The lowest BCUT2D eigenvalue weighted by Crippen LogP contribution is -2.40. The highest BCUT2D eigenvalue weighted by Crippen LogP contribution is 2.29. The van der Waals surface area contributed by atoms with Gasteiger partial charge in [0.15, 0.2) is 0 Å². The number of benzene rings is 1. The molecule has 5 heteroatoms. The highest BCUT2D eigenvalue weighted by molar-refractivity contribution is 6.05. The third-order valence-corrected chi connectivity index (χ3v) is 3.11. The fourth-order valence-electron chi connectivity index (χ4n) is 2.01. The van der Waals surface area contributed by atoms with Crippen molar-refractivity contribution in [3.8, 4) is 0 Å². The predicted octanol–water partition coefficient (Wildman–Crippen LogP) is 3.30. The van der Waals surface area contributed by atoms with E-state index in [1.165, 1.54) is 12.1 Å². The molecule has 0 aliphatic heterocycles. The number of carbonyl (C=O) groups excluding carboxylic acids is 2. The van der Waals surface area contributed by atoms with E-state index in [1.54, 1.807) is 40.7 Å². The van der Waals surface area contributed by atoms with Crippen LogP contribution in [0.4, 0.5) is 10.1 Å². The normalized spacial score (nSPS) is 12.7. The molecule has 1 aromatic carbocycles. The topological polar surface area (TPSA) is 55.4 Å². The number of anilines is 1. The van der Waals surface area contributed by atoms with Crippen LogP contribution in [0.1, 0.15) is 33.3 Å². The van der Waals surface area contributed by atoms with Crippen LogP contribution < -0.4 is 5.32 Å². The fourth-order valence-corrected chi connectivity index (χ4v) is 2.01. The number of rotatable bonds is 4. The van der Waals surface area contributed by atoms with Crippen molar-refractivity contribution in [1.82, 2.24) is 0 Å². The molecule has 0 bridgehead atoms. The van der Waals surface area contributed by atoms with Gasteiger partial charge >= 0.3 is 5.97 Å². The minimum Gasteiger partial charge on any atom is -0.465 e. The van der Waals surface area contributed by atoms with E-state index in [4.69, 9.17) is 4.74 Å². The summed E-state index contributed by atoms with van der Waals surface area (Å²) in [6, 6.07) is 4.12. The Balaban J connectivity index is 3.01. The number of hydrogen-bond donors (Lipinski definition) is 1. The van der Waals surface area contributed by atoms with Crippen LogP contribution in [0.5, 0.6) is 0 Å². The zero-order chi connectivity index (χ0) is 16.2. The van der Waals surface area contributed by atoms with Gasteiger partial charge in [0.25, 0.3) is 0 Å².